The highest BCUT2D eigenvalue weighted by molar-refractivity contribution is 7.99. The number of sulfonamides is 1. The number of amides is 2. The van der Waals surface area contributed by atoms with Gasteiger partial charge in [-0.05, 0) is 59.5 Å². The van der Waals surface area contributed by atoms with E-state index in [-0.39, 0.29) is 11.7 Å². The minimum Gasteiger partial charge on any atom is -0.481 e. The van der Waals surface area contributed by atoms with Gasteiger partial charge in [0.15, 0.2) is 5.78 Å². The van der Waals surface area contributed by atoms with Gasteiger partial charge in [-0.15, -0.1) is 5.10 Å². The number of carboxylic acids is 1. The second-order valence-corrected chi connectivity index (χ2v) is 14.1. The van der Waals surface area contributed by atoms with Crippen LogP contribution in [0.5, 0.6) is 0 Å². The molecule has 1 aliphatic rings. The maximum atomic E-state index is 13.4. The van der Waals surface area contributed by atoms with Crippen LogP contribution in [0.2, 0.25) is 10.0 Å². The quantitative estimate of drug-likeness (QED) is 0.299. The van der Waals surface area contributed by atoms with Crippen LogP contribution in [0.25, 0.3) is 0 Å². The van der Waals surface area contributed by atoms with Crippen LogP contribution in [-0.4, -0.2) is 93.1 Å². The Hall–Kier alpha value is -2.79. The predicted molar refractivity (Wildman–Crippen MR) is 154 cm³/mol. The molecule has 0 radical (unpaired) electrons. The van der Waals surface area contributed by atoms with E-state index >= 15 is 0 Å². The van der Waals surface area contributed by atoms with E-state index in [1.165, 1.54) is 11.8 Å². The van der Waals surface area contributed by atoms with E-state index in [9.17, 15) is 32.7 Å². The Bertz CT molecular complexity index is 1450. The Balaban J connectivity index is 1.77. The third-order valence-corrected chi connectivity index (χ3v) is 9.35. The van der Waals surface area contributed by atoms with Gasteiger partial charge in [-0.25, -0.2) is 17.8 Å². The lowest BCUT2D eigenvalue weighted by Gasteiger charge is -2.35. The zero-order valence-corrected chi connectivity index (χ0v) is 26.3. The fraction of sp³-hybridized carbons (Fsp3) is 0.542. The van der Waals surface area contributed by atoms with Gasteiger partial charge in [0.2, 0.25) is 27.0 Å². The molecule has 2 heterocycles. The summed E-state index contributed by atoms with van der Waals surface area (Å²) in [7, 11) is -3.75. The first-order valence-corrected chi connectivity index (χ1v) is 16.2. The summed E-state index contributed by atoms with van der Waals surface area (Å²) in [5.41, 5.74) is -0.733. The average molecular weight is 665 g/mol. The van der Waals surface area contributed by atoms with Crippen LogP contribution in [-0.2, 0) is 35.7 Å². The van der Waals surface area contributed by atoms with Gasteiger partial charge >= 0.3 is 5.97 Å². The fourth-order valence-corrected chi connectivity index (χ4v) is 6.69. The van der Waals surface area contributed by atoms with E-state index < -0.39 is 70.1 Å². The summed E-state index contributed by atoms with van der Waals surface area (Å²) in [6.07, 6.45) is 1.20. The van der Waals surface area contributed by atoms with Crippen molar-refractivity contribution >= 4 is 68.6 Å². The number of rotatable bonds is 12. The molecule has 230 valence electrons. The molecule has 2 aromatic rings. The summed E-state index contributed by atoms with van der Waals surface area (Å²) in [6, 6.07) is 1.15. The summed E-state index contributed by atoms with van der Waals surface area (Å²) in [5, 5.41) is 23.9. The number of likely N-dealkylation sites (tertiary alicyclic amines) is 1. The molecule has 3 atom stereocenters. The number of hydrogen-bond acceptors (Lipinski definition) is 10. The maximum Gasteiger partial charge on any atom is 0.305 e. The molecule has 14 nitrogen and oxygen atoms in total. The van der Waals surface area contributed by atoms with Crippen molar-refractivity contribution in [2.24, 2.45) is 5.41 Å². The molecular formula is C24H31Cl2N7O7S2. The van der Waals surface area contributed by atoms with Crippen molar-refractivity contribution < 1.29 is 32.7 Å². The molecule has 1 aromatic carbocycles. The number of halogens is 2. The Morgan fingerprint density at radius 3 is 2.48 bits per heavy atom. The van der Waals surface area contributed by atoms with Crippen molar-refractivity contribution in [3.63, 3.8) is 0 Å². The molecule has 18 heteroatoms. The number of Topliss-reactive ketones (excluding diaryl/α,β-unsaturated/α-hetero) is 1. The molecule has 1 aliphatic heterocycles. The van der Waals surface area contributed by atoms with E-state index in [2.05, 4.69) is 25.6 Å². The van der Waals surface area contributed by atoms with Gasteiger partial charge in [0.05, 0.1) is 33.7 Å². The summed E-state index contributed by atoms with van der Waals surface area (Å²) < 4.78 is 27.5. The third kappa shape index (κ3) is 8.63. The molecule has 42 heavy (non-hydrogen) atoms. The number of ketones is 1. The van der Waals surface area contributed by atoms with E-state index in [1.807, 2.05) is 0 Å². The van der Waals surface area contributed by atoms with Crippen LogP contribution < -0.4 is 10.0 Å². The Morgan fingerprint density at radius 2 is 1.88 bits per heavy atom. The van der Waals surface area contributed by atoms with Gasteiger partial charge in [0, 0.05) is 6.54 Å². The molecule has 2 amide bonds. The average Bonchev–Trinajstić information content (AvgIpc) is 3.27. The van der Waals surface area contributed by atoms with Gasteiger partial charge < -0.3 is 15.3 Å². The number of benzene rings is 1. The summed E-state index contributed by atoms with van der Waals surface area (Å²) in [5.74, 6) is -3.44. The van der Waals surface area contributed by atoms with Crippen molar-refractivity contribution in [1.82, 2.24) is 35.1 Å². The van der Waals surface area contributed by atoms with Crippen LogP contribution in [0.3, 0.4) is 0 Å². The van der Waals surface area contributed by atoms with Crippen LogP contribution in [0.15, 0.2) is 28.3 Å². The first-order chi connectivity index (χ1) is 19.5. The van der Waals surface area contributed by atoms with Crippen LogP contribution >= 0.6 is 35.0 Å². The highest BCUT2D eigenvalue weighted by Gasteiger charge is 2.44. The number of carboxylic acid groups (broad SMARTS) is 1. The lowest BCUT2D eigenvalue weighted by molar-refractivity contribution is -0.144. The smallest absolute Gasteiger partial charge is 0.305 e. The molecule has 0 saturated carbocycles. The van der Waals surface area contributed by atoms with Gasteiger partial charge in [-0.1, -0.05) is 43.1 Å². The fourth-order valence-electron chi connectivity index (χ4n) is 4.42. The van der Waals surface area contributed by atoms with Gasteiger partial charge in [-0.3, -0.25) is 19.2 Å². The zero-order chi connectivity index (χ0) is 31.4. The van der Waals surface area contributed by atoms with E-state index in [4.69, 9.17) is 23.2 Å². The minimum absolute atomic E-state index is 0.148. The van der Waals surface area contributed by atoms with Crippen LogP contribution in [0, 0.1) is 5.41 Å². The number of carbonyl (C=O) groups excluding carboxylic acids is 3. The maximum absolute atomic E-state index is 13.4. The van der Waals surface area contributed by atoms with Crippen molar-refractivity contribution in [3.05, 3.63) is 28.2 Å². The third-order valence-electron chi connectivity index (χ3n) is 6.71. The second-order valence-electron chi connectivity index (χ2n) is 10.5. The number of hydrogen-bond donors (Lipinski definition) is 3. The summed E-state index contributed by atoms with van der Waals surface area (Å²) >= 11 is 13.4. The SMILES string of the molecule is CC(C(=O)NC(CC(=O)O)C(=O)Cn1nnnc1Sc1c(Cl)cccc1Cl)N1CCCC(C)(C)C(NS(C)(=O)=O)C1=O. The largest absolute Gasteiger partial charge is 0.481 e. The number of nitrogens with one attached hydrogen (secondary N) is 2. The van der Waals surface area contributed by atoms with Gasteiger partial charge in [0.25, 0.3) is 0 Å². The van der Waals surface area contributed by atoms with Crippen molar-refractivity contribution in [2.75, 3.05) is 12.8 Å². The lowest BCUT2D eigenvalue weighted by Crippen LogP contribution is -2.58. The first kappa shape index (κ1) is 33.7. The monoisotopic (exact) mass is 663 g/mol. The van der Waals surface area contributed by atoms with Gasteiger partial charge in [-0.2, -0.15) is 0 Å². The van der Waals surface area contributed by atoms with Crippen LogP contribution in [0.4, 0.5) is 0 Å². The Labute approximate surface area is 256 Å². The van der Waals surface area contributed by atoms with Crippen molar-refractivity contribution in [1.29, 1.82) is 0 Å². The second kappa shape index (κ2) is 13.7. The number of carbonyl (C=O) groups is 4. The molecule has 3 rings (SSSR count). The molecule has 3 unspecified atom stereocenters. The molecule has 3 N–H and O–H groups in total. The topological polar surface area (TPSA) is 194 Å². The molecule has 0 spiro atoms. The predicted octanol–water partition coefficient (Wildman–Crippen LogP) is 1.61. The first-order valence-electron chi connectivity index (χ1n) is 12.7. The van der Waals surface area contributed by atoms with E-state index in [0.29, 0.717) is 27.8 Å². The highest BCUT2D eigenvalue weighted by Crippen LogP contribution is 2.37. The number of tetrazole rings is 1. The summed E-state index contributed by atoms with van der Waals surface area (Å²) in [6.45, 7) is 4.62. The highest BCUT2D eigenvalue weighted by atomic mass is 35.5. The number of aliphatic carboxylic acids is 1. The molecule has 1 fully saturated rings. The lowest BCUT2D eigenvalue weighted by atomic mass is 9.81. The Morgan fingerprint density at radius 1 is 1.24 bits per heavy atom. The molecule has 1 aromatic heterocycles. The zero-order valence-electron chi connectivity index (χ0n) is 23.2. The van der Waals surface area contributed by atoms with Crippen molar-refractivity contribution in [2.45, 2.75) is 74.8 Å². The standard InChI is InChI=1S/C24H31Cl2N7O7S2/c1-13(32-10-6-9-24(2,3)20(22(32)38)29-42(4,39)40)21(37)27-16(11-18(35)36)17(34)12-33-23(28-30-31-33)41-19-14(25)7-5-8-15(19)26/h5,7-8,13,16,20,29H,6,9-12H2,1-4H3,(H,27,37)(H,35,36). The molecular weight excluding hydrogens is 633 g/mol. The molecule has 1 saturated heterocycles. The minimum atomic E-state index is -3.75. The Kier molecular flexibility index (Phi) is 11.0. The van der Waals surface area contributed by atoms with E-state index in [0.717, 1.165) is 22.7 Å². The summed E-state index contributed by atoms with van der Waals surface area (Å²) in [4.78, 5) is 53.2. The van der Waals surface area contributed by atoms with Crippen LogP contribution in [0.1, 0.15) is 40.0 Å². The molecule has 0 aliphatic carbocycles. The van der Waals surface area contributed by atoms with E-state index in [1.54, 1.807) is 32.0 Å². The number of nitrogens with zero attached hydrogens (tertiary/aromatic N) is 5. The normalized spacial score (nSPS) is 18.7. The van der Waals surface area contributed by atoms with Gasteiger partial charge in [0.1, 0.15) is 18.6 Å². The number of aromatic nitrogens is 4. The molecule has 0 bridgehead atoms. The van der Waals surface area contributed by atoms with Crippen molar-refractivity contribution in [3.8, 4) is 0 Å².